The van der Waals surface area contributed by atoms with Crippen molar-refractivity contribution in [2.75, 3.05) is 0 Å². The number of carbonyl (C=O) groups is 1. The Balaban J connectivity index is 1.95. The molecule has 84 valence electrons. The van der Waals surface area contributed by atoms with Gasteiger partial charge in [0.15, 0.2) is 0 Å². The Labute approximate surface area is 88.8 Å². The van der Waals surface area contributed by atoms with E-state index < -0.39 is 21.8 Å². The molecule has 3 N–H and O–H groups in total. The molecule has 15 heavy (non-hydrogen) atoms. The maximum Gasteiger partial charge on any atom is 0.240 e. The van der Waals surface area contributed by atoms with Crippen molar-refractivity contribution in [3.63, 3.8) is 0 Å². The minimum atomic E-state index is -3.42. The average molecular weight is 230 g/mol. The number of nitrogens with two attached hydrogens (primary N) is 1. The van der Waals surface area contributed by atoms with Crippen LogP contribution in [-0.4, -0.2) is 25.6 Å². The van der Waals surface area contributed by atoms with E-state index in [1.165, 1.54) is 0 Å². The molecule has 0 aromatic rings. The maximum atomic E-state index is 11.5. The van der Waals surface area contributed by atoms with E-state index in [9.17, 15) is 13.2 Å². The molecule has 1 fully saturated rings. The van der Waals surface area contributed by atoms with Crippen molar-refractivity contribution in [3.05, 3.63) is 12.2 Å². The van der Waals surface area contributed by atoms with Gasteiger partial charge >= 0.3 is 0 Å². The average Bonchev–Trinajstić information content (AvgIpc) is 2.89. The fraction of sp³-hybridized carbons (Fsp3) is 0.667. The van der Waals surface area contributed by atoms with Gasteiger partial charge < -0.3 is 5.73 Å². The van der Waals surface area contributed by atoms with Crippen LogP contribution in [0.15, 0.2) is 12.2 Å². The first-order valence-electron chi connectivity index (χ1n) is 4.98. The summed E-state index contributed by atoms with van der Waals surface area (Å²) in [7, 11) is -3.42. The number of nitrogens with one attached hydrogen (secondary N) is 1. The Kier molecular flexibility index (Phi) is 2.56. The van der Waals surface area contributed by atoms with Gasteiger partial charge in [-0.3, -0.25) is 9.52 Å². The maximum absolute atomic E-state index is 11.5. The van der Waals surface area contributed by atoms with E-state index in [-0.39, 0.29) is 11.3 Å². The zero-order valence-electron chi connectivity index (χ0n) is 8.22. The molecule has 0 aromatic heterocycles. The van der Waals surface area contributed by atoms with Crippen LogP contribution in [0.4, 0.5) is 0 Å². The molecule has 5 nitrogen and oxygen atoms in total. The lowest BCUT2D eigenvalue weighted by Crippen LogP contribution is -2.37. The number of hydrogen-bond donors (Lipinski definition) is 2. The minimum Gasteiger partial charge on any atom is -0.324 e. The fourth-order valence-electron chi connectivity index (χ4n) is 1.60. The second-order valence-electron chi connectivity index (χ2n) is 4.10. The first-order valence-corrected chi connectivity index (χ1v) is 6.53. The molecule has 0 saturated heterocycles. The molecule has 0 spiro atoms. The number of sulfonamides is 1. The Hall–Kier alpha value is -0.880. The second kappa shape index (κ2) is 3.61. The molecule has 2 unspecified atom stereocenters. The van der Waals surface area contributed by atoms with Crippen LogP contribution in [0.2, 0.25) is 0 Å². The SMILES string of the molecule is NC1C=CC(C(=O)NS(=O)(=O)C2CC2)C1. The Bertz CT molecular complexity index is 398. The minimum absolute atomic E-state index is 0.135. The van der Waals surface area contributed by atoms with Gasteiger partial charge in [-0.15, -0.1) is 0 Å². The Morgan fingerprint density at radius 1 is 1.33 bits per heavy atom. The molecule has 6 heteroatoms. The van der Waals surface area contributed by atoms with E-state index in [2.05, 4.69) is 4.72 Å². The molecular weight excluding hydrogens is 216 g/mol. The summed E-state index contributed by atoms with van der Waals surface area (Å²) in [4.78, 5) is 11.5. The van der Waals surface area contributed by atoms with Crippen LogP contribution in [-0.2, 0) is 14.8 Å². The van der Waals surface area contributed by atoms with E-state index in [0.717, 1.165) is 0 Å². The van der Waals surface area contributed by atoms with Crippen molar-refractivity contribution < 1.29 is 13.2 Å². The Morgan fingerprint density at radius 2 is 2.00 bits per heavy atom. The van der Waals surface area contributed by atoms with E-state index in [1.54, 1.807) is 12.2 Å². The van der Waals surface area contributed by atoms with Crippen LogP contribution in [0.5, 0.6) is 0 Å². The van der Waals surface area contributed by atoms with Gasteiger partial charge in [0.2, 0.25) is 15.9 Å². The highest BCUT2D eigenvalue weighted by molar-refractivity contribution is 7.90. The third-order valence-corrected chi connectivity index (χ3v) is 4.49. The number of rotatable bonds is 3. The summed E-state index contributed by atoms with van der Waals surface area (Å²) in [5.74, 6) is -0.848. The summed E-state index contributed by atoms with van der Waals surface area (Å²) in [6.45, 7) is 0. The van der Waals surface area contributed by atoms with Crippen molar-refractivity contribution in [3.8, 4) is 0 Å². The molecule has 1 saturated carbocycles. The van der Waals surface area contributed by atoms with Gasteiger partial charge in [0.25, 0.3) is 0 Å². The van der Waals surface area contributed by atoms with E-state index in [4.69, 9.17) is 5.73 Å². The molecule has 0 bridgehead atoms. The van der Waals surface area contributed by atoms with Crippen molar-refractivity contribution in [1.82, 2.24) is 4.72 Å². The zero-order chi connectivity index (χ0) is 11.1. The standard InChI is InChI=1S/C9H14N2O3S/c10-7-2-1-6(5-7)9(12)11-15(13,14)8-3-4-8/h1-2,6-8H,3-5,10H2,(H,11,12). The number of hydrogen-bond acceptors (Lipinski definition) is 4. The number of amides is 1. The van der Waals surface area contributed by atoms with Crippen molar-refractivity contribution in [2.24, 2.45) is 11.7 Å². The predicted molar refractivity (Wildman–Crippen MR) is 55.3 cm³/mol. The van der Waals surface area contributed by atoms with Crippen LogP contribution >= 0.6 is 0 Å². The first kappa shape index (κ1) is 10.6. The Morgan fingerprint density at radius 3 is 2.47 bits per heavy atom. The van der Waals surface area contributed by atoms with Crippen molar-refractivity contribution >= 4 is 15.9 Å². The van der Waals surface area contributed by atoms with Crippen LogP contribution in [0.25, 0.3) is 0 Å². The molecule has 2 aliphatic rings. The summed E-state index contributed by atoms with van der Waals surface area (Å²) in [5, 5.41) is -0.361. The van der Waals surface area contributed by atoms with Gasteiger partial charge in [0, 0.05) is 6.04 Å². The highest BCUT2D eigenvalue weighted by Crippen LogP contribution is 2.28. The lowest BCUT2D eigenvalue weighted by atomic mass is 10.1. The molecule has 2 aliphatic carbocycles. The summed E-state index contributed by atoms with van der Waals surface area (Å²) in [5.41, 5.74) is 5.58. The van der Waals surface area contributed by atoms with Gasteiger partial charge in [-0.25, -0.2) is 8.42 Å². The third kappa shape index (κ3) is 2.38. The molecule has 2 rings (SSSR count). The van der Waals surface area contributed by atoms with Gasteiger partial charge in [-0.05, 0) is 19.3 Å². The molecule has 0 radical (unpaired) electrons. The first-order chi connectivity index (χ1) is 6.99. The molecule has 2 atom stereocenters. The molecule has 0 aromatic carbocycles. The van der Waals surface area contributed by atoms with E-state index in [0.29, 0.717) is 19.3 Å². The summed E-state index contributed by atoms with van der Waals surface area (Å²) in [6.07, 6.45) is 5.20. The highest BCUT2D eigenvalue weighted by Gasteiger charge is 2.38. The lowest BCUT2D eigenvalue weighted by molar-refractivity contribution is -0.121. The highest BCUT2D eigenvalue weighted by atomic mass is 32.2. The fourth-order valence-corrected chi connectivity index (χ4v) is 2.95. The van der Waals surface area contributed by atoms with Crippen LogP contribution < -0.4 is 10.5 Å². The topological polar surface area (TPSA) is 89.3 Å². The quantitative estimate of drug-likeness (QED) is 0.639. The largest absolute Gasteiger partial charge is 0.324 e. The smallest absolute Gasteiger partial charge is 0.240 e. The molecular formula is C9H14N2O3S. The summed E-state index contributed by atoms with van der Waals surface area (Å²) >= 11 is 0. The van der Waals surface area contributed by atoms with Crippen molar-refractivity contribution in [1.29, 1.82) is 0 Å². The van der Waals surface area contributed by atoms with Crippen LogP contribution in [0.1, 0.15) is 19.3 Å². The zero-order valence-corrected chi connectivity index (χ0v) is 9.03. The second-order valence-corrected chi connectivity index (χ2v) is 6.06. The van der Waals surface area contributed by atoms with Crippen LogP contribution in [0.3, 0.4) is 0 Å². The van der Waals surface area contributed by atoms with E-state index >= 15 is 0 Å². The summed E-state index contributed by atoms with van der Waals surface area (Å²) < 4.78 is 25.0. The molecule has 0 heterocycles. The predicted octanol–water partition coefficient (Wildman–Crippen LogP) is -0.502. The number of carbonyl (C=O) groups excluding carboxylic acids is 1. The monoisotopic (exact) mass is 230 g/mol. The molecule has 1 amide bonds. The lowest BCUT2D eigenvalue weighted by Gasteiger charge is -2.10. The molecule has 0 aliphatic heterocycles. The third-order valence-electron chi connectivity index (χ3n) is 2.66. The van der Waals surface area contributed by atoms with Gasteiger partial charge in [0.1, 0.15) is 0 Å². The van der Waals surface area contributed by atoms with Gasteiger partial charge in [-0.2, -0.15) is 0 Å². The van der Waals surface area contributed by atoms with E-state index in [1.807, 2.05) is 0 Å². The normalized spacial score (nSPS) is 30.5. The summed E-state index contributed by atoms with van der Waals surface area (Å²) in [6, 6.07) is -0.135. The van der Waals surface area contributed by atoms with Crippen molar-refractivity contribution in [2.45, 2.75) is 30.6 Å². The van der Waals surface area contributed by atoms with Crippen LogP contribution in [0, 0.1) is 5.92 Å². The van der Waals surface area contributed by atoms with Gasteiger partial charge in [0.05, 0.1) is 11.2 Å². The van der Waals surface area contributed by atoms with Gasteiger partial charge in [-0.1, -0.05) is 12.2 Å².